The van der Waals surface area contributed by atoms with Gasteiger partial charge in [0.1, 0.15) is 0 Å². The first kappa shape index (κ1) is 20.3. The Balaban J connectivity index is 2.12. The molecule has 0 aliphatic heterocycles. The van der Waals surface area contributed by atoms with Gasteiger partial charge in [0.05, 0.1) is 12.7 Å². The van der Waals surface area contributed by atoms with E-state index in [0.29, 0.717) is 17.9 Å². The molecular formula is C21H26N2O4. The Morgan fingerprint density at radius 1 is 1.00 bits per heavy atom. The van der Waals surface area contributed by atoms with Gasteiger partial charge in [0.15, 0.2) is 18.1 Å². The highest BCUT2D eigenvalue weighted by molar-refractivity contribution is 5.97. The van der Waals surface area contributed by atoms with Crippen LogP contribution in [0.1, 0.15) is 21.5 Å². The highest BCUT2D eigenvalue weighted by Crippen LogP contribution is 2.31. The standard InChI is InChI=1S/C21H26N2O4/c1-15-9-6-7-10-16(15)13-23(4)19(24)14-27-20-17(21(25)22(2)3)11-8-12-18(20)26-5/h6-12H,13-14H2,1-5H3. The lowest BCUT2D eigenvalue weighted by atomic mass is 10.1. The third-order valence-electron chi connectivity index (χ3n) is 4.27. The molecule has 2 rings (SSSR count). The summed E-state index contributed by atoms with van der Waals surface area (Å²) in [6, 6.07) is 13.0. The van der Waals surface area contributed by atoms with Gasteiger partial charge >= 0.3 is 0 Å². The van der Waals surface area contributed by atoms with Crippen molar-refractivity contribution in [2.75, 3.05) is 34.9 Å². The van der Waals surface area contributed by atoms with Gasteiger partial charge in [0.25, 0.3) is 11.8 Å². The number of hydrogen-bond donors (Lipinski definition) is 0. The van der Waals surface area contributed by atoms with Crippen LogP contribution in [-0.2, 0) is 11.3 Å². The molecule has 144 valence electrons. The molecule has 6 heteroatoms. The van der Waals surface area contributed by atoms with Crippen molar-refractivity contribution in [3.63, 3.8) is 0 Å². The molecule has 0 bridgehead atoms. The van der Waals surface area contributed by atoms with Crippen molar-refractivity contribution in [1.29, 1.82) is 0 Å². The third-order valence-corrected chi connectivity index (χ3v) is 4.27. The maximum absolute atomic E-state index is 12.5. The minimum absolute atomic E-state index is 0.184. The Hall–Kier alpha value is -3.02. The summed E-state index contributed by atoms with van der Waals surface area (Å²) in [5, 5.41) is 0. The van der Waals surface area contributed by atoms with Gasteiger partial charge in [-0.1, -0.05) is 30.3 Å². The van der Waals surface area contributed by atoms with Crippen LogP contribution < -0.4 is 9.47 Å². The molecule has 2 amide bonds. The van der Waals surface area contributed by atoms with Crippen LogP contribution in [0.3, 0.4) is 0 Å². The van der Waals surface area contributed by atoms with Crippen LogP contribution in [0.5, 0.6) is 11.5 Å². The molecule has 0 atom stereocenters. The van der Waals surface area contributed by atoms with E-state index in [1.807, 2.05) is 31.2 Å². The van der Waals surface area contributed by atoms with Gasteiger partial charge in [-0.25, -0.2) is 0 Å². The van der Waals surface area contributed by atoms with E-state index in [4.69, 9.17) is 9.47 Å². The topological polar surface area (TPSA) is 59.1 Å². The number of ether oxygens (including phenoxy) is 2. The Morgan fingerprint density at radius 3 is 2.33 bits per heavy atom. The number of carbonyl (C=O) groups excluding carboxylic acids is 2. The molecule has 0 N–H and O–H groups in total. The molecule has 2 aromatic rings. The van der Waals surface area contributed by atoms with Crippen molar-refractivity contribution in [3.8, 4) is 11.5 Å². The average molecular weight is 370 g/mol. The predicted molar refractivity (Wildman–Crippen MR) is 104 cm³/mol. The molecule has 0 radical (unpaired) electrons. The molecule has 0 aromatic heterocycles. The van der Waals surface area contributed by atoms with E-state index in [1.165, 1.54) is 12.0 Å². The van der Waals surface area contributed by atoms with Gasteiger partial charge < -0.3 is 19.3 Å². The highest BCUT2D eigenvalue weighted by Gasteiger charge is 2.20. The number of para-hydroxylation sites is 1. The Bertz CT molecular complexity index is 818. The summed E-state index contributed by atoms with van der Waals surface area (Å²) in [5.74, 6) is 0.283. The van der Waals surface area contributed by atoms with Crippen molar-refractivity contribution in [3.05, 3.63) is 59.2 Å². The van der Waals surface area contributed by atoms with Crippen molar-refractivity contribution in [2.45, 2.75) is 13.5 Å². The Labute approximate surface area is 160 Å². The van der Waals surface area contributed by atoms with Crippen molar-refractivity contribution < 1.29 is 19.1 Å². The van der Waals surface area contributed by atoms with Gasteiger partial charge in [-0.15, -0.1) is 0 Å². The maximum Gasteiger partial charge on any atom is 0.260 e. The number of aryl methyl sites for hydroxylation is 1. The van der Waals surface area contributed by atoms with Gasteiger partial charge in [-0.05, 0) is 30.2 Å². The number of carbonyl (C=O) groups is 2. The van der Waals surface area contributed by atoms with Crippen LogP contribution in [0.4, 0.5) is 0 Å². The van der Waals surface area contributed by atoms with Gasteiger partial charge in [-0.2, -0.15) is 0 Å². The summed E-state index contributed by atoms with van der Waals surface area (Å²) in [5.41, 5.74) is 2.56. The first-order valence-corrected chi connectivity index (χ1v) is 8.65. The summed E-state index contributed by atoms with van der Waals surface area (Å²) in [6.07, 6.45) is 0. The second kappa shape index (κ2) is 9.07. The second-order valence-corrected chi connectivity index (χ2v) is 6.50. The summed E-state index contributed by atoms with van der Waals surface area (Å²) in [4.78, 5) is 28.0. The normalized spacial score (nSPS) is 10.3. The molecule has 0 saturated heterocycles. The van der Waals surface area contributed by atoms with Gasteiger partial charge in [0, 0.05) is 27.7 Å². The van der Waals surface area contributed by atoms with E-state index in [1.54, 1.807) is 44.2 Å². The monoisotopic (exact) mass is 370 g/mol. The third kappa shape index (κ3) is 5.00. The Morgan fingerprint density at radius 2 is 1.70 bits per heavy atom. The fraction of sp³-hybridized carbons (Fsp3) is 0.333. The van der Waals surface area contributed by atoms with Crippen LogP contribution in [0.2, 0.25) is 0 Å². The van der Waals surface area contributed by atoms with Crippen LogP contribution >= 0.6 is 0 Å². The lowest BCUT2D eigenvalue weighted by Crippen LogP contribution is -2.31. The molecule has 0 spiro atoms. The number of nitrogens with zero attached hydrogens (tertiary/aromatic N) is 2. The molecule has 0 aliphatic carbocycles. The van der Waals surface area contributed by atoms with Crippen LogP contribution in [0.25, 0.3) is 0 Å². The lowest BCUT2D eigenvalue weighted by Gasteiger charge is -2.20. The summed E-state index contributed by atoms with van der Waals surface area (Å²) in [6.45, 7) is 2.32. The lowest BCUT2D eigenvalue weighted by molar-refractivity contribution is -0.132. The first-order chi connectivity index (χ1) is 12.8. The molecule has 0 fully saturated rings. The maximum atomic E-state index is 12.5. The van der Waals surface area contributed by atoms with E-state index < -0.39 is 0 Å². The minimum atomic E-state index is -0.218. The summed E-state index contributed by atoms with van der Waals surface area (Å²) < 4.78 is 11.0. The highest BCUT2D eigenvalue weighted by atomic mass is 16.5. The zero-order valence-electron chi connectivity index (χ0n) is 16.5. The number of amides is 2. The van der Waals surface area contributed by atoms with Crippen molar-refractivity contribution in [1.82, 2.24) is 9.80 Å². The van der Waals surface area contributed by atoms with Crippen LogP contribution in [-0.4, -0.2) is 56.5 Å². The summed E-state index contributed by atoms with van der Waals surface area (Å²) >= 11 is 0. The smallest absolute Gasteiger partial charge is 0.260 e. The first-order valence-electron chi connectivity index (χ1n) is 8.65. The number of hydrogen-bond acceptors (Lipinski definition) is 4. The molecule has 0 saturated carbocycles. The van der Waals surface area contributed by atoms with Crippen LogP contribution in [0.15, 0.2) is 42.5 Å². The van der Waals surface area contributed by atoms with Crippen molar-refractivity contribution >= 4 is 11.8 Å². The summed E-state index contributed by atoms with van der Waals surface area (Å²) in [7, 11) is 6.55. The molecule has 0 aliphatic rings. The fourth-order valence-corrected chi connectivity index (χ4v) is 2.61. The number of methoxy groups -OCH3 is 1. The van der Waals surface area contributed by atoms with E-state index in [2.05, 4.69) is 0 Å². The molecule has 6 nitrogen and oxygen atoms in total. The quantitative estimate of drug-likeness (QED) is 0.752. The zero-order valence-corrected chi connectivity index (χ0v) is 16.5. The van der Waals surface area contributed by atoms with Gasteiger partial charge in [-0.3, -0.25) is 9.59 Å². The largest absolute Gasteiger partial charge is 0.493 e. The minimum Gasteiger partial charge on any atom is -0.493 e. The van der Waals surface area contributed by atoms with E-state index in [0.717, 1.165) is 11.1 Å². The molecule has 2 aromatic carbocycles. The second-order valence-electron chi connectivity index (χ2n) is 6.50. The molecule has 27 heavy (non-hydrogen) atoms. The van der Waals surface area contributed by atoms with Crippen LogP contribution in [0, 0.1) is 6.92 Å². The molecule has 0 heterocycles. The molecular weight excluding hydrogens is 344 g/mol. The van der Waals surface area contributed by atoms with E-state index >= 15 is 0 Å². The Kier molecular flexibility index (Phi) is 6.82. The fourth-order valence-electron chi connectivity index (χ4n) is 2.61. The predicted octanol–water partition coefficient (Wildman–Crippen LogP) is 2.74. The molecule has 0 unspecified atom stereocenters. The van der Waals surface area contributed by atoms with Crippen molar-refractivity contribution in [2.24, 2.45) is 0 Å². The number of benzene rings is 2. The SMILES string of the molecule is COc1cccc(C(=O)N(C)C)c1OCC(=O)N(C)Cc1ccccc1C. The average Bonchev–Trinajstić information content (AvgIpc) is 2.66. The van der Waals surface area contributed by atoms with Gasteiger partial charge in [0.2, 0.25) is 0 Å². The van der Waals surface area contributed by atoms with E-state index in [-0.39, 0.29) is 24.2 Å². The van der Waals surface area contributed by atoms with E-state index in [9.17, 15) is 9.59 Å². The number of likely N-dealkylation sites (N-methyl/N-ethyl adjacent to an activating group) is 1. The zero-order chi connectivity index (χ0) is 20.0. The number of rotatable bonds is 7.